The Bertz CT molecular complexity index is 1240. The molecule has 6 nitrogen and oxygen atoms in total. The third-order valence-corrected chi connectivity index (χ3v) is 6.98. The van der Waals surface area contributed by atoms with Crippen molar-refractivity contribution in [1.29, 1.82) is 0 Å². The quantitative estimate of drug-likeness (QED) is 0.666. The molecule has 4 rings (SSSR count). The summed E-state index contributed by atoms with van der Waals surface area (Å²) in [5.74, 6) is 0.309. The van der Waals surface area contributed by atoms with Gasteiger partial charge >= 0.3 is 0 Å². The van der Waals surface area contributed by atoms with Crippen LogP contribution in [0.2, 0.25) is 0 Å². The van der Waals surface area contributed by atoms with E-state index in [1.807, 2.05) is 12.1 Å². The smallest absolute Gasteiger partial charge is 0.292 e. The highest BCUT2D eigenvalue weighted by Crippen LogP contribution is 2.29. The molecule has 1 aliphatic carbocycles. The van der Waals surface area contributed by atoms with Crippen LogP contribution in [0.3, 0.4) is 0 Å². The first kappa shape index (κ1) is 19.1. The summed E-state index contributed by atoms with van der Waals surface area (Å²) in [6.45, 7) is 0. The molecule has 0 bridgehead atoms. The van der Waals surface area contributed by atoms with Crippen molar-refractivity contribution >= 4 is 38.5 Å². The van der Waals surface area contributed by atoms with E-state index in [9.17, 15) is 13.2 Å². The van der Waals surface area contributed by atoms with Crippen LogP contribution in [-0.4, -0.2) is 27.0 Å². The highest BCUT2D eigenvalue weighted by molar-refractivity contribution is 7.92. The number of hydrogen-bond acceptors (Lipinski definition) is 6. The Morgan fingerprint density at radius 2 is 1.69 bits per heavy atom. The molecule has 0 unspecified atom stereocenters. The van der Waals surface area contributed by atoms with Crippen LogP contribution in [0.15, 0.2) is 86.4 Å². The molecule has 146 valence electrons. The summed E-state index contributed by atoms with van der Waals surface area (Å²) in [6.07, 6.45) is 1.46. The van der Waals surface area contributed by atoms with E-state index in [1.165, 1.54) is 19.3 Å². The Morgan fingerprint density at radius 3 is 2.41 bits per heavy atom. The number of allylic oxidation sites excluding steroid dienone is 2. The molecule has 0 saturated carbocycles. The van der Waals surface area contributed by atoms with E-state index in [-0.39, 0.29) is 21.4 Å². The maximum absolute atomic E-state index is 13.0. The van der Waals surface area contributed by atoms with Gasteiger partial charge in [-0.15, -0.1) is 11.3 Å². The number of para-hydroxylation sites is 2. The first-order chi connectivity index (χ1) is 14.0. The second-order valence-corrected chi connectivity index (χ2v) is 8.92. The van der Waals surface area contributed by atoms with E-state index < -0.39 is 10.0 Å². The van der Waals surface area contributed by atoms with Crippen molar-refractivity contribution in [2.75, 3.05) is 12.4 Å². The molecule has 0 amide bonds. The van der Waals surface area contributed by atoms with Crippen LogP contribution in [0.4, 0.5) is 5.69 Å². The summed E-state index contributed by atoms with van der Waals surface area (Å²) in [6, 6.07) is 17.1. The van der Waals surface area contributed by atoms with Gasteiger partial charge in [-0.25, -0.2) is 0 Å². The molecule has 1 heterocycles. The third-order valence-electron chi connectivity index (χ3n) is 4.32. The van der Waals surface area contributed by atoms with Crippen molar-refractivity contribution in [2.45, 2.75) is 4.21 Å². The summed E-state index contributed by atoms with van der Waals surface area (Å²) in [5.41, 5.74) is 1.87. The zero-order chi connectivity index (χ0) is 20.4. The molecule has 0 aliphatic heterocycles. The Balaban J connectivity index is 1.83. The Hall–Kier alpha value is -3.23. The van der Waals surface area contributed by atoms with E-state index in [4.69, 9.17) is 4.74 Å². The van der Waals surface area contributed by atoms with Crippen LogP contribution in [0, 0.1) is 0 Å². The number of benzene rings is 2. The van der Waals surface area contributed by atoms with Crippen molar-refractivity contribution in [3.63, 3.8) is 0 Å². The number of thiophene rings is 1. The number of nitrogens with one attached hydrogen (secondary N) is 1. The van der Waals surface area contributed by atoms with Crippen LogP contribution in [0.25, 0.3) is 0 Å². The lowest BCUT2D eigenvalue weighted by molar-refractivity contribution is 0.103. The molecule has 1 aliphatic rings. The lowest BCUT2D eigenvalue weighted by Crippen LogP contribution is -2.22. The highest BCUT2D eigenvalue weighted by atomic mass is 32.2. The molecular weight excluding hydrogens is 408 g/mol. The fraction of sp³-hybridized carbons (Fsp3) is 0.0476. The van der Waals surface area contributed by atoms with Crippen LogP contribution in [0.1, 0.15) is 15.9 Å². The number of rotatable bonds is 5. The number of ether oxygens (including phenoxy) is 1. The number of carbonyl (C=O) groups is 1. The minimum atomic E-state index is -3.89. The van der Waals surface area contributed by atoms with Gasteiger partial charge in [0.05, 0.1) is 24.2 Å². The zero-order valence-electron chi connectivity index (χ0n) is 15.3. The summed E-state index contributed by atoms with van der Waals surface area (Å²) >= 11 is 1.09. The monoisotopic (exact) mass is 424 g/mol. The van der Waals surface area contributed by atoms with Gasteiger partial charge in [-0.1, -0.05) is 42.5 Å². The number of carbonyl (C=O) groups excluding carboxylic acids is 1. The predicted molar refractivity (Wildman–Crippen MR) is 114 cm³/mol. The van der Waals surface area contributed by atoms with Crippen LogP contribution >= 0.6 is 11.3 Å². The van der Waals surface area contributed by atoms with E-state index in [0.717, 1.165) is 11.3 Å². The van der Waals surface area contributed by atoms with E-state index in [2.05, 4.69) is 9.71 Å². The number of hydrogen-bond donors (Lipinski definition) is 1. The third kappa shape index (κ3) is 3.72. The SMILES string of the molecule is COc1ccccc1NC1=CC(=NS(=O)(=O)c2cccs2)c2ccccc2C1=O. The number of fused-ring (bicyclic) bond motifs is 1. The van der Waals surface area contributed by atoms with Crippen molar-refractivity contribution in [3.05, 3.63) is 88.9 Å². The van der Waals surface area contributed by atoms with Crippen LogP contribution in [0.5, 0.6) is 5.75 Å². The molecule has 0 spiro atoms. The van der Waals surface area contributed by atoms with Gasteiger partial charge in [-0.2, -0.15) is 12.8 Å². The fourth-order valence-corrected chi connectivity index (χ4v) is 4.94. The summed E-state index contributed by atoms with van der Waals surface area (Å²) < 4.78 is 34.9. The van der Waals surface area contributed by atoms with Crippen molar-refractivity contribution in [1.82, 2.24) is 0 Å². The molecule has 0 fully saturated rings. The van der Waals surface area contributed by atoms with E-state index in [0.29, 0.717) is 22.6 Å². The van der Waals surface area contributed by atoms with Crippen molar-refractivity contribution in [2.24, 2.45) is 4.40 Å². The number of anilines is 1. The maximum atomic E-state index is 13.0. The maximum Gasteiger partial charge on any atom is 0.292 e. The van der Waals surface area contributed by atoms with Crippen LogP contribution < -0.4 is 10.1 Å². The number of methoxy groups -OCH3 is 1. The molecule has 0 saturated heterocycles. The average molecular weight is 425 g/mol. The number of ketones is 1. The molecular formula is C21H16N2O4S2. The molecule has 29 heavy (non-hydrogen) atoms. The Kier molecular flexibility index (Phi) is 5.04. The minimum absolute atomic E-state index is 0.145. The predicted octanol–water partition coefficient (Wildman–Crippen LogP) is 4.13. The van der Waals surface area contributed by atoms with Gasteiger partial charge in [0.15, 0.2) is 0 Å². The number of sulfonamides is 1. The molecule has 1 aromatic heterocycles. The summed E-state index contributed by atoms with van der Waals surface area (Å²) in [5, 5.41) is 4.73. The van der Waals surface area contributed by atoms with Gasteiger partial charge in [0.1, 0.15) is 9.96 Å². The molecule has 0 radical (unpaired) electrons. The Morgan fingerprint density at radius 1 is 0.966 bits per heavy atom. The normalized spacial score (nSPS) is 15.0. The molecule has 8 heteroatoms. The lowest BCUT2D eigenvalue weighted by atomic mass is 9.92. The lowest BCUT2D eigenvalue weighted by Gasteiger charge is -2.19. The fourth-order valence-electron chi connectivity index (χ4n) is 2.98. The van der Waals surface area contributed by atoms with E-state index >= 15 is 0 Å². The first-order valence-electron chi connectivity index (χ1n) is 8.64. The first-order valence-corrected chi connectivity index (χ1v) is 11.0. The molecule has 1 N–H and O–H groups in total. The topological polar surface area (TPSA) is 84.8 Å². The molecule has 3 aromatic rings. The van der Waals surface area contributed by atoms with Crippen molar-refractivity contribution < 1.29 is 17.9 Å². The van der Waals surface area contributed by atoms with Gasteiger partial charge in [-0.05, 0) is 29.7 Å². The van der Waals surface area contributed by atoms with Crippen LogP contribution in [-0.2, 0) is 10.0 Å². The average Bonchev–Trinajstić information content (AvgIpc) is 3.28. The molecule has 2 aromatic carbocycles. The standard InChI is InChI=1S/C21H16N2O4S2/c1-27-19-10-5-4-9-16(19)22-18-13-17(14-7-2-3-8-15(14)21(18)24)23-29(25,26)20-11-6-12-28-20/h2-13,22H,1H3. The largest absolute Gasteiger partial charge is 0.495 e. The van der Waals surface area contributed by atoms with Gasteiger partial charge in [0.25, 0.3) is 10.0 Å². The van der Waals surface area contributed by atoms with E-state index in [1.54, 1.807) is 47.8 Å². The second kappa shape index (κ2) is 7.65. The highest BCUT2D eigenvalue weighted by Gasteiger charge is 2.26. The number of Topliss-reactive ketones (excluding diaryl/α,β-unsaturated/α-hetero) is 1. The van der Waals surface area contributed by atoms with Gasteiger partial charge in [0.2, 0.25) is 5.78 Å². The zero-order valence-corrected chi connectivity index (χ0v) is 17.0. The van der Waals surface area contributed by atoms with Gasteiger partial charge < -0.3 is 10.1 Å². The second-order valence-electron chi connectivity index (χ2n) is 6.14. The van der Waals surface area contributed by atoms with Gasteiger partial charge in [0, 0.05) is 11.1 Å². The minimum Gasteiger partial charge on any atom is -0.495 e. The molecule has 0 atom stereocenters. The summed E-state index contributed by atoms with van der Waals surface area (Å²) in [4.78, 5) is 13.0. The Labute approximate surface area is 172 Å². The van der Waals surface area contributed by atoms with Gasteiger partial charge in [-0.3, -0.25) is 4.79 Å². The number of nitrogens with zero attached hydrogens (tertiary/aromatic N) is 1. The summed E-state index contributed by atoms with van der Waals surface area (Å²) in [7, 11) is -2.35. The van der Waals surface area contributed by atoms with Crippen molar-refractivity contribution in [3.8, 4) is 5.75 Å².